The summed E-state index contributed by atoms with van der Waals surface area (Å²) in [5, 5.41) is 16.6. The average molecular weight is 233 g/mol. The van der Waals surface area contributed by atoms with Crippen molar-refractivity contribution in [2.24, 2.45) is 0 Å². The van der Waals surface area contributed by atoms with Crippen molar-refractivity contribution in [3.8, 4) is 0 Å². The van der Waals surface area contributed by atoms with Crippen molar-refractivity contribution in [1.82, 2.24) is 15.1 Å². The Bertz CT molecular complexity index is 521. The Balaban J connectivity index is 2.38. The fourth-order valence-corrected chi connectivity index (χ4v) is 1.84. The fraction of sp³-hybridized carbons (Fsp3) is 0.333. The van der Waals surface area contributed by atoms with Crippen LogP contribution < -0.4 is 0 Å². The van der Waals surface area contributed by atoms with Crippen LogP contribution in [-0.4, -0.2) is 45.8 Å². The number of aliphatic hydroxyl groups excluding tert-OH is 1. The van der Waals surface area contributed by atoms with E-state index in [9.17, 15) is 4.79 Å². The number of H-pyrrole nitrogens is 1. The van der Waals surface area contributed by atoms with E-state index in [0.717, 1.165) is 10.9 Å². The number of hydrogen-bond donors (Lipinski definition) is 2. The van der Waals surface area contributed by atoms with Gasteiger partial charge in [-0.15, -0.1) is 0 Å². The lowest BCUT2D eigenvalue weighted by Crippen LogP contribution is -2.33. The molecule has 0 atom stereocenters. The van der Waals surface area contributed by atoms with Crippen LogP contribution in [-0.2, 0) is 0 Å². The predicted octanol–water partition coefficient (Wildman–Crippen LogP) is 1.02. The number of nitrogens with one attached hydrogen (secondary N) is 1. The second kappa shape index (κ2) is 4.97. The van der Waals surface area contributed by atoms with Crippen LogP contribution in [0.1, 0.15) is 17.3 Å². The van der Waals surface area contributed by atoms with Crippen LogP contribution in [0.5, 0.6) is 0 Å². The number of aliphatic hydroxyl groups is 1. The minimum atomic E-state index is -0.0867. The van der Waals surface area contributed by atoms with Gasteiger partial charge in [0, 0.05) is 18.5 Å². The van der Waals surface area contributed by atoms with Crippen molar-refractivity contribution >= 4 is 16.8 Å². The van der Waals surface area contributed by atoms with Gasteiger partial charge in [-0.2, -0.15) is 5.10 Å². The molecule has 2 aromatic rings. The third kappa shape index (κ3) is 2.14. The number of aromatic nitrogens is 2. The summed E-state index contributed by atoms with van der Waals surface area (Å²) in [7, 11) is 0. The average Bonchev–Trinajstić information content (AvgIpc) is 2.83. The Kier molecular flexibility index (Phi) is 3.39. The van der Waals surface area contributed by atoms with Crippen molar-refractivity contribution < 1.29 is 9.90 Å². The zero-order chi connectivity index (χ0) is 12.3. The number of carbonyl (C=O) groups excluding carboxylic acids is 1. The molecule has 90 valence electrons. The summed E-state index contributed by atoms with van der Waals surface area (Å²) in [6, 6.07) is 5.50. The topological polar surface area (TPSA) is 69.2 Å². The normalized spacial score (nSPS) is 10.7. The van der Waals surface area contributed by atoms with Gasteiger partial charge < -0.3 is 10.0 Å². The number of nitrogens with zero attached hydrogens (tertiary/aromatic N) is 2. The van der Waals surface area contributed by atoms with E-state index in [0.29, 0.717) is 18.7 Å². The Morgan fingerprint density at radius 1 is 1.53 bits per heavy atom. The van der Waals surface area contributed by atoms with E-state index in [2.05, 4.69) is 10.2 Å². The maximum atomic E-state index is 12.2. The van der Waals surface area contributed by atoms with Crippen LogP contribution >= 0.6 is 0 Å². The Labute approximate surface area is 99.1 Å². The molecule has 5 heteroatoms. The number of amides is 1. The first-order valence-corrected chi connectivity index (χ1v) is 5.60. The highest BCUT2D eigenvalue weighted by Gasteiger charge is 2.16. The van der Waals surface area contributed by atoms with Gasteiger partial charge in [0.25, 0.3) is 5.91 Å². The van der Waals surface area contributed by atoms with Crippen molar-refractivity contribution in [2.75, 3.05) is 19.7 Å². The van der Waals surface area contributed by atoms with Crippen LogP contribution in [0.25, 0.3) is 10.9 Å². The maximum Gasteiger partial charge on any atom is 0.256 e. The smallest absolute Gasteiger partial charge is 0.256 e. The van der Waals surface area contributed by atoms with Gasteiger partial charge in [0.2, 0.25) is 0 Å². The van der Waals surface area contributed by atoms with Gasteiger partial charge in [-0.25, -0.2) is 0 Å². The minimum absolute atomic E-state index is 0.0292. The van der Waals surface area contributed by atoms with E-state index in [4.69, 9.17) is 5.11 Å². The van der Waals surface area contributed by atoms with Gasteiger partial charge >= 0.3 is 0 Å². The van der Waals surface area contributed by atoms with E-state index in [-0.39, 0.29) is 12.5 Å². The Morgan fingerprint density at radius 2 is 2.35 bits per heavy atom. The SMILES string of the molecule is CCN(CCO)C(=O)c1cccc2cn[nH]c12. The van der Waals surface area contributed by atoms with Crippen LogP contribution in [0.15, 0.2) is 24.4 Å². The molecule has 0 unspecified atom stereocenters. The molecular formula is C12H15N3O2. The largest absolute Gasteiger partial charge is 0.395 e. The van der Waals surface area contributed by atoms with Crippen LogP contribution in [0.2, 0.25) is 0 Å². The van der Waals surface area contributed by atoms with Crippen LogP contribution in [0.4, 0.5) is 0 Å². The summed E-state index contributed by atoms with van der Waals surface area (Å²) in [5.74, 6) is -0.0867. The molecular weight excluding hydrogens is 218 g/mol. The molecule has 1 amide bonds. The third-order valence-corrected chi connectivity index (χ3v) is 2.75. The molecule has 2 N–H and O–H groups in total. The monoisotopic (exact) mass is 233 g/mol. The van der Waals surface area contributed by atoms with Gasteiger partial charge in [-0.05, 0) is 13.0 Å². The van der Waals surface area contributed by atoms with E-state index >= 15 is 0 Å². The summed E-state index contributed by atoms with van der Waals surface area (Å²) < 4.78 is 0. The van der Waals surface area contributed by atoms with E-state index < -0.39 is 0 Å². The lowest BCUT2D eigenvalue weighted by Gasteiger charge is -2.19. The van der Waals surface area contributed by atoms with Crippen molar-refractivity contribution in [1.29, 1.82) is 0 Å². The first-order valence-electron chi connectivity index (χ1n) is 5.60. The minimum Gasteiger partial charge on any atom is -0.395 e. The number of para-hydroxylation sites is 1. The maximum absolute atomic E-state index is 12.2. The Hall–Kier alpha value is -1.88. The number of aromatic amines is 1. The third-order valence-electron chi connectivity index (χ3n) is 2.75. The van der Waals surface area contributed by atoms with Gasteiger partial charge in [0.15, 0.2) is 0 Å². The lowest BCUT2D eigenvalue weighted by atomic mass is 10.1. The molecule has 0 aliphatic rings. The molecule has 0 radical (unpaired) electrons. The number of carbonyl (C=O) groups is 1. The van der Waals surface area contributed by atoms with Crippen molar-refractivity contribution in [2.45, 2.75) is 6.92 Å². The van der Waals surface area contributed by atoms with E-state index in [1.54, 1.807) is 17.2 Å². The number of fused-ring (bicyclic) bond motifs is 1. The summed E-state index contributed by atoms with van der Waals surface area (Å²) in [6.07, 6.45) is 1.69. The fourth-order valence-electron chi connectivity index (χ4n) is 1.84. The van der Waals surface area contributed by atoms with Crippen LogP contribution in [0, 0.1) is 0 Å². The standard InChI is InChI=1S/C12H15N3O2/c1-2-15(6-7-16)12(17)10-5-3-4-9-8-13-14-11(9)10/h3-5,8,16H,2,6-7H2,1H3,(H,13,14). The van der Waals surface area contributed by atoms with Crippen molar-refractivity contribution in [3.63, 3.8) is 0 Å². The highest BCUT2D eigenvalue weighted by molar-refractivity contribution is 6.05. The summed E-state index contributed by atoms with van der Waals surface area (Å²) >= 11 is 0. The molecule has 0 spiro atoms. The molecule has 0 aliphatic carbocycles. The predicted molar refractivity (Wildman–Crippen MR) is 64.8 cm³/mol. The zero-order valence-electron chi connectivity index (χ0n) is 9.68. The van der Waals surface area contributed by atoms with Gasteiger partial charge in [0.05, 0.1) is 23.9 Å². The highest BCUT2D eigenvalue weighted by Crippen LogP contribution is 2.17. The van der Waals surface area contributed by atoms with E-state index in [1.165, 1.54) is 0 Å². The molecule has 0 saturated carbocycles. The lowest BCUT2D eigenvalue weighted by molar-refractivity contribution is 0.0733. The molecule has 1 heterocycles. The van der Waals surface area contributed by atoms with Gasteiger partial charge in [0.1, 0.15) is 0 Å². The molecule has 2 rings (SSSR count). The van der Waals surface area contributed by atoms with E-state index in [1.807, 2.05) is 19.1 Å². The number of rotatable bonds is 4. The summed E-state index contributed by atoms with van der Waals surface area (Å²) in [6.45, 7) is 2.78. The second-order valence-corrected chi connectivity index (χ2v) is 3.75. The Morgan fingerprint density at radius 3 is 3.06 bits per heavy atom. The molecule has 0 aliphatic heterocycles. The van der Waals surface area contributed by atoms with Gasteiger partial charge in [-0.1, -0.05) is 12.1 Å². The van der Waals surface area contributed by atoms with Crippen LogP contribution in [0.3, 0.4) is 0 Å². The molecule has 1 aromatic heterocycles. The molecule has 0 fully saturated rings. The molecule has 0 bridgehead atoms. The molecule has 0 saturated heterocycles. The molecule has 17 heavy (non-hydrogen) atoms. The second-order valence-electron chi connectivity index (χ2n) is 3.75. The van der Waals surface area contributed by atoms with Gasteiger partial charge in [-0.3, -0.25) is 9.89 Å². The quantitative estimate of drug-likeness (QED) is 0.828. The molecule has 1 aromatic carbocycles. The zero-order valence-corrected chi connectivity index (χ0v) is 9.68. The molecule has 5 nitrogen and oxygen atoms in total. The first-order chi connectivity index (χ1) is 8.27. The number of benzene rings is 1. The summed E-state index contributed by atoms with van der Waals surface area (Å²) in [4.78, 5) is 13.9. The summed E-state index contributed by atoms with van der Waals surface area (Å²) in [5.41, 5.74) is 1.34. The number of likely N-dealkylation sites (N-methyl/N-ethyl adjacent to an activating group) is 1. The highest BCUT2D eigenvalue weighted by atomic mass is 16.3. The number of hydrogen-bond acceptors (Lipinski definition) is 3. The first kappa shape index (κ1) is 11.6. The van der Waals surface area contributed by atoms with Crippen molar-refractivity contribution in [3.05, 3.63) is 30.0 Å².